The summed E-state index contributed by atoms with van der Waals surface area (Å²) in [6, 6.07) is 0. The van der Waals surface area contributed by atoms with E-state index in [0.717, 1.165) is 23.9 Å². The van der Waals surface area contributed by atoms with Crippen LogP contribution in [0.4, 0.5) is 0 Å². The number of nitrogens with zero attached hydrogens (tertiary/aromatic N) is 1. The van der Waals surface area contributed by atoms with Gasteiger partial charge in [-0.25, -0.2) is 0 Å². The molecule has 0 heterocycles. The Labute approximate surface area is 180 Å². The number of unbranched alkanes of at least 4 members (excludes halogenated alkanes) is 9. The molecule has 0 amide bonds. The Balaban J connectivity index is 3.53. The van der Waals surface area contributed by atoms with Crippen molar-refractivity contribution in [2.24, 2.45) is 0 Å². The van der Waals surface area contributed by atoms with Crippen LogP contribution in [0.2, 0.25) is 0 Å². The molecule has 0 aromatic heterocycles. The predicted octanol–water partition coefficient (Wildman–Crippen LogP) is 6.37. The second-order valence-electron chi connectivity index (χ2n) is 9.15. The van der Waals surface area contributed by atoms with Crippen molar-refractivity contribution in [2.45, 2.75) is 96.5 Å². The number of hydrogen-bond acceptors (Lipinski definition) is 2. The van der Waals surface area contributed by atoms with Crippen molar-refractivity contribution in [1.82, 2.24) is 0 Å². The third-order valence-corrected chi connectivity index (χ3v) is 4.85. The molecule has 1 atom stereocenters. The van der Waals surface area contributed by atoms with Crippen molar-refractivity contribution in [3.63, 3.8) is 0 Å². The Morgan fingerprint density at radius 3 is 1.97 bits per heavy atom. The molecule has 0 bridgehead atoms. The lowest BCUT2D eigenvalue weighted by Crippen LogP contribution is -2.43. The first-order valence-electron chi connectivity index (χ1n) is 11.8. The number of carbonyl (C=O) groups is 1. The zero-order valence-corrected chi connectivity index (χ0v) is 19.7. The third kappa shape index (κ3) is 23.0. The Hall–Kier alpha value is -1.13. The van der Waals surface area contributed by atoms with Gasteiger partial charge in [-0.1, -0.05) is 69.8 Å². The molecule has 0 aromatic rings. The lowest BCUT2D eigenvalue weighted by molar-refractivity contribution is -0.873. The van der Waals surface area contributed by atoms with Crippen LogP contribution in [0.15, 0.2) is 24.3 Å². The predicted molar refractivity (Wildman–Crippen MR) is 124 cm³/mol. The second kappa shape index (κ2) is 18.9. The van der Waals surface area contributed by atoms with Crippen LogP contribution in [0.5, 0.6) is 0 Å². The SMILES string of the molecule is CCCCCC=CCC=CCCCCCCCCOC(CC(=O)O)C[N+](C)(C)C. The summed E-state index contributed by atoms with van der Waals surface area (Å²) in [5, 5.41) is 9.03. The summed E-state index contributed by atoms with van der Waals surface area (Å²) in [6.45, 7) is 3.65. The van der Waals surface area contributed by atoms with Crippen molar-refractivity contribution in [2.75, 3.05) is 34.3 Å². The molecule has 4 nitrogen and oxygen atoms in total. The van der Waals surface area contributed by atoms with E-state index >= 15 is 0 Å². The van der Waals surface area contributed by atoms with E-state index in [9.17, 15) is 4.79 Å². The van der Waals surface area contributed by atoms with Crippen LogP contribution in [-0.4, -0.2) is 56.0 Å². The van der Waals surface area contributed by atoms with E-state index in [-0.39, 0.29) is 12.5 Å². The maximum atomic E-state index is 11.0. The molecule has 0 rings (SSSR count). The summed E-state index contributed by atoms with van der Waals surface area (Å²) < 4.78 is 6.56. The standard InChI is InChI=1S/C25H47NO3/c1-5-6-7-8-9-10-11-12-13-14-15-16-17-18-19-20-21-29-24(22-25(27)28)23-26(2,3)4/h9-10,12-13,24H,5-8,11,14-23H2,1-4H3/p+1. The van der Waals surface area contributed by atoms with Gasteiger partial charge in [-0.3, -0.25) is 4.79 Å². The molecule has 0 aliphatic rings. The highest BCUT2D eigenvalue weighted by molar-refractivity contribution is 5.67. The van der Waals surface area contributed by atoms with Gasteiger partial charge in [0, 0.05) is 6.61 Å². The number of quaternary nitrogens is 1. The van der Waals surface area contributed by atoms with Crippen LogP contribution in [0.25, 0.3) is 0 Å². The van der Waals surface area contributed by atoms with Gasteiger partial charge < -0.3 is 14.3 Å². The molecule has 1 unspecified atom stereocenters. The average molecular weight is 411 g/mol. The Morgan fingerprint density at radius 2 is 1.41 bits per heavy atom. The van der Waals surface area contributed by atoms with E-state index in [1.54, 1.807) is 0 Å². The zero-order chi connectivity index (χ0) is 21.8. The van der Waals surface area contributed by atoms with Gasteiger partial charge in [-0.15, -0.1) is 0 Å². The second-order valence-corrected chi connectivity index (χ2v) is 9.15. The molecule has 0 radical (unpaired) electrons. The quantitative estimate of drug-likeness (QED) is 0.144. The van der Waals surface area contributed by atoms with Crippen molar-refractivity contribution >= 4 is 5.97 Å². The first-order chi connectivity index (χ1) is 13.8. The molecule has 0 aliphatic heterocycles. The van der Waals surface area contributed by atoms with Gasteiger partial charge >= 0.3 is 5.97 Å². The number of carboxylic acids is 1. The smallest absolute Gasteiger partial charge is 0.306 e. The molecule has 0 saturated carbocycles. The van der Waals surface area contributed by atoms with Gasteiger partial charge in [0.25, 0.3) is 0 Å². The molecule has 0 saturated heterocycles. The molecule has 4 heteroatoms. The van der Waals surface area contributed by atoms with Crippen molar-refractivity contribution in [1.29, 1.82) is 0 Å². The van der Waals surface area contributed by atoms with Gasteiger partial charge in [0.2, 0.25) is 0 Å². The Bertz CT molecular complexity index is 438. The lowest BCUT2D eigenvalue weighted by Gasteiger charge is -2.28. The monoisotopic (exact) mass is 410 g/mol. The number of aliphatic carboxylic acids is 1. The number of rotatable bonds is 20. The lowest BCUT2D eigenvalue weighted by atomic mass is 10.1. The molecular formula is C25H48NO3+. The summed E-state index contributed by atoms with van der Waals surface area (Å²) in [5.74, 6) is -0.777. The zero-order valence-electron chi connectivity index (χ0n) is 19.7. The molecule has 0 aromatic carbocycles. The summed E-state index contributed by atoms with van der Waals surface area (Å²) in [5.41, 5.74) is 0. The summed E-state index contributed by atoms with van der Waals surface area (Å²) >= 11 is 0. The van der Waals surface area contributed by atoms with E-state index in [0.29, 0.717) is 6.61 Å². The van der Waals surface area contributed by atoms with Gasteiger partial charge in [0.15, 0.2) is 0 Å². The van der Waals surface area contributed by atoms with Crippen LogP contribution in [0.3, 0.4) is 0 Å². The molecule has 29 heavy (non-hydrogen) atoms. The fourth-order valence-corrected chi connectivity index (χ4v) is 3.32. The van der Waals surface area contributed by atoms with E-state index in [2.05, 4.69) is 52.4 Å². The van der Waals surface area contributed by atoms with E-state index in [1.165, 1.54) is 64.2 Å². The van der Waals surface area contributed by atoms with Crippen molar-refractivity contribution < 1.29 is 19.1 Å². The summed E-state index contributed by atoms with van der Waals surface area (Å²) in [4.78, 5) is 11.0. The first-order valence-corrected chi connectivity index (χ1v) is 11.8. The van der Waals surface area contributed by atoms with Crippen molar-refractivity contribution in [3.8, 4) is 0 Å². The normalized spacial score (nSPS) is 13.5. The van der Waals surface area contributed by atoms with Crippen molar-refractivity contribution in [3.05, 3.63) is 24.3 Å². The minimum atomic E-state index is -0.777. The highest BCUT2D eigenvalue weighted by Gasteiger charge is 2.21. The molecular weight excluding hydrogens is 362 g/mol. The number of likely N-dealkylation sites (N-methyl/N-ethyl adjacent to an activating group) is 1. The Kier molecular flexibility index (Phi) is 18.1. The Morgan fingerprint density at radius 1 is 0.862 bits per heavy atom. The largest absolute Gasteiger partial charge is 0.481 e. The third-order valence-electron chi connectivity index (χ3n) is 4.85. The van der Waals surface area contributed by atoms with Gasteiger partial charge in [-0.05, 0) is 38.5 Å². The number of allylic oxidation sites excluding steroid dienone is 4. The van der Waals surface area contributed by atoms with Gasteiger partial charge in [-0.2, -0.15) is 0 Å². The van der Waals surface area contributed by atoms with E-state index in [1.807, 2.05) is 0 Å². The van der Waals surface area contributed by atoms with Crippen LogP contribution < -0.4 is 0 Å². The number of hydrogen-bond donors (Lipinski definition) is 1. The fourth-order valence-electron chi connectivity index (χ4n) is 3.32. The molecule has 0 spiro atoms. The minimum absolute atomic E-state index is 0.0949. The van der Waals surface area contributed by atoms with Crippen LogP contribution >= 0.6 is 0 Å². The maximum Gasteiger partial charge on any atom is 0.306 e. The van der Waals surface area contributed by atoms with Gasteiger partial charge in [0.05, 0.1) is 27.6 Å². The number of carboxylic acid groups (broad SMARTS) is 1. The molecule has 0 fully saturated rings. The number of ether oxygens (including phenoxy) is 1. The van der Waals surface area contributed by atoms with E-state index < -0.39 is 5.97 Å². The topological polar surface area (TPSA) is 46.5 Å². The molecule has 0 aliphatic carbocycles. The van der Waals surface area contributed by atoms with Crippen LogP contribution in [0, 0.1) is 0 Å². The van der Waals surface area contributed by atoms with Crippen LogP contribution in [-0.2, 0) is 9.53 Å². The van der Waals surface area contributed by atoms with Crippen LogP contribution in [0.1, 0.15) is 90.4 Å². The molecule has 1 N–H and O–H groups in total. The minimum Gasteiger partial charge on any atom is -0.481 e. The maximum absolute atomic E-state index is 11.0. The van der Waals surface area contributed by atoms with E-state index in [4.69, 9.17) is 9.84 Å². The fraction of sp³-hybridized carbons (Fsp3) is 0.800. The summed E-state index contributed by atoms with van der Waals surface area (Å²) in [7, 11) is 6.20. The first kappa shape index (κ1) is 27.9. The van der Waals surface area contributed by atoms with Gasteiger partial charge in [0.1, 0.15) is 12.6 Å². The highest BCUT2D eigenvalue weighted by atomic mass is 16.5. The summed E-state index contributed by atoms with van der Waals surface area (Å²) in [6.07, 6.45) is 23.9. The molecule has 170 valence electrons. The average Bonchev–Trinajstić information content (AvgIpc) is 2.62. The highest BCUT2D eigenvalue weighted by Crippen LogP contribution is 2.10.